The monoisotopic (exact) mass is 432 g/mol. The van der Waals surface area contributed by atoms with Gasteiger partial charge in [0, 0.05) is 18.1 Å². The minimum atomic E-state index is -1.10. The van der Waals surface area contributed by atoms with E-state index in [2.05, 4.69) is 10.4 Å². The fourth-order valence-corrected chi connectivity index (χ4v) is 3.43. The SMILES string of the molecule is CCC(=O)NN(c1ccc(F)c(F)c1)c1nc(N)c(C(=O)c2ccc(OC)cc2)s1. The van der Waals surface area contributed by atoms with Gasteiger partial charge in [0.05, 0.1) is 12.8 Å². The summed E-state index contributed by atoms with van der Waals surface area (Å²) in [6.45, 7) is 1.63. The molecule has 0 radical (unpaired) electrons. The first-order valence-electron chi connectivity index (χ1n) is 8.83. The Hall–Kier alpha value is -3.53. The number of nitrogen functional groups attached to an aromatic ring is 1. The number of nitrogens with zero attached hydrogens (tertiary/aromatic N) is 2. The first-order valence-corrected chi connectivity index (χ1v) is 9.65. The molecule has 0 unspecified atom stereocenters. The molecule has 0 aliphatic carbocycles. The molecule has 1 amide bonds. The molecule has 0 atom stereocenters. The number of halogens is 2. The summed E-state index contributed by atoms with van der Waals surface area (Å²) in [7, 11) is 1.52. The van der Waals surface area contributed by atoms with E-state index >= 15 is 0 Å². The van der Waals surface area contributed by atoms with Gasteiger partial charge in [-0.15, -0.1) is 0 Å². The maximum atomic E-state index is 13.8. The highest BCUT2D eigenvalue weighted by molar-refractivity contribution is 7.18. The Kier molecular flexibility index (Phi) is 6.26. The third-order valence-corrected chi connectivity index (χ3v) is 5.17. The molecule has 2 aromatic carbocycles. The van der Waals surface area contributed by atoms with Crippen molar-refractivity contribution in [1.29, 1.82) is 0 Å². The average molecular weight is 432 g/mol. The van der Waals surface area contributed by atoms with E-state index in [-0.39, 0.29) is 33.7 Å². The normalized spacial score (nSPS) is 10.5. The number of nitrogens with one attached hydrogen (secondary N) is 1. The largest absolute Gasteiger partial charge is 0.497 e. The van der Waals surface area contributed by atoms with Crippen LogP contribution < -0.4 is 20.9 Å². The molecule has 156 valence electrons. The van der Waals surface area contributed by atoms with Gasteiger partial charge in [0.2, 0.25) is 16.8 Å². The van der Waals surface area contributed by atoms with Crippen LogP contribution in [0.1, 0.15) is 28.6 Å². The van der Waals surface area contributed by atoms with Gasteiger partial charge < -0.3 is 10.5 Å². The van der Waals surface area contributed by atoms with Crippen molar-refractivity contribution in [3.05, 3.63) is 64.5 Å². The lowest BCUT2D eigenvalue weighted by molar-refractivity contribution is -0.120. The first-order chi connectivity index (χ1) is 14.3. The van der Waals surface area contributed by atoms with Crippen molar-refractivity contribution in [1.82, 2.24) is 10.4 Å². The second kappa shape index (κ2) is 8.87. The number of anilines is 3. The number of ketones is 1. The Labute approximate surface area is 175 Å². The Morgan fingerprint density at radius 3 is 2.47 bits per heavy atom. The van der Waals surface area contributed by atoms with E-state index < -0.39 is 17.5 Å². The standard InChI is InChI=1S/C20H18F2N4O3S/c1-3-16(27)25-26(12-6-9-14(21)15(22)10-12)20-24-19(23)18(30-20)17(28)11-4-7-13(29-2)8-5-11/h4-10H,3,23H2,1-2H3,(H,25,27). The summed E-state index contributed by atoms with van der Waals surface area (Å²) in [6.07, 6.45) is 0.138. The van der Waals surface area contributed by atoms with Crippen LogP contribution in [0.3, 0.4) is 0 Å². The fourth-order valence-electron chi connectivity index (χ4n) is 2.50. The molecular formula is C20H18F2N4O3S. The van der Waals surface area contributed by atoms with Crippen LogP contribution in [-0.2, 0) is 4.79 Å². The van der Waals surface area contributed by atoms with Gasteiger partial charge in [-0.2, -0.15) is 0 Å². The summed E-state index contributed by atoms with van der Waals surface area (Å²) in [5.74, 6) is -2.34. The van der Waals surface area contributed by atoms with Crippen molar-refractivity contribution in [3.63, 3.8) is 0 Å². The molecule has 3 N–H and O–H groups in total. The number of hydrazine groups is 1. The zero-order chi connectivity index (χ0) is 21.8. The molecule has 7 nitrogen and oxygen atoms in total. The van der Waals surface area contributed by atoms with Gasteiger partial charge >= 0.3 is 0 Å². The van der Waals surface area contributed by atoms with Crippen molar-refractivity contribution in [3.8, 4) is 5.75 Å². The predicted molar refractivity (Wildman–Crippen MR) is 110 cm³/mol. The maximum Gasteiger partial charge on any atom is 0.238 e. The van der Waals surface area contributed by atoms with Gasteiger partial charge in [-0.3, -0.25) is 15.0 Å². The van der Waals surface area contributed by atoms with Crippen LogP contribution >= 0.6 is 11.3 Å². The highest BCUT2D eigenvalue weighted by Crippen LogP contribution is 2.34. The summed E-state index contributed by atoms with van der Waals surface area (Å²) in [6, 6.07) is 9.57. The maximum absolute atomic E-state index is 13.8. The molecule has 0 saturated heterocycles. The number of rotatable bonds is 7. The molecule has 30 heavy (non-hydrogen) atoms. The molecule has 0 bridgehead atoms. The van der Waals surface area contributed by atoms with Crippen LogP contribution in [0.4, 0.5) is 25.4 Å². The van der Waals surface area contributed by atoms with Crippen LogP contribution in [0.15, 0.2) is 42.5 Å². The summed E-state index contributed by atoms with van der Waals surface area (Å²) >= 11 is 0.916. The topological polar surface area (TPSA) is 97.5 Å². The Bertz CT molecular complexity index is 1090. The van der Waals surface area contributed by atoms with Gasteiger partial charge in [0.15, 0.2) is 11.6 Å². The molecule has 1 aromatic heterocycles. The highest BCUT2D eigenvalue weighted by atomic mass is 32.1. The Morgan fingerprint density at radius 2 is 1.87 bits per heavy atom. The molecule has 3 aromatic rings. The minimum absolute atomic E-state index is 0.0471. The van der Waals surface area contributed by atoms with Gasteiger partial charge in [0.25, 0.3) is 0 Å². The third-order valence-electron chi connectivity index (χ3n) is 4.11. The van der Waals surface area contributed by atoms with E-state index in [0.29, 0.717) is 11.3 Å². The van der Waals surface area contributed by atoms with Crippen molar-refractivity contribution < 1.29 is 23.1 Å². The number of hydrogen-bond donors (Lipinski definition) is 2. The Balaban J connectivity index is 1.99. The summed E-state index contributed by atoms with van der Waals surface area (Å²) in [5, 5.41) is 1.29. The lowest BCUT2D eigenvalue weighted by Gasteiger charge is -2.22. The predicted octanol–water partition coefficient (Wildman–Crippen LogP) is 3.82. The highest BCUT2D eigenvalue weighted by Gasteiger charge is 2.23. The smallest absolute Gasteiger partial charge is 0.238 e. The zero-order valence-electron chi connectivity index (χ0n) is 16.1. The molecule has 0 spiro atoms. The van der Waals surface area contributed by atoms with E-state index in [4.69, 9.17) is 10.5 Å². The fraction of sp³-hybridized carbons (Fsp3) is 0.150. The summed E-state index contributed by atoms with van der Waals surface area (Å²) in [5.41, 5.74) is 8.99. The van der Waals surface area contributed by atoms with E-state index in [9.17, 15) is 18.4 Å². The lowest BCUT2D eigenvalue weighted by atomic mass is 10.1. The van der Waals surface area contributed by atoms with Gasteiger partial charge in [-0.25, -0.2) is 18.8 Å². The molecule has 1 heterocycles. The number of carbonyl (C=O) groups is 2. The lowest BCUT2D eigenvalue weighted by Crippen LogP contribution is -2.38. The van der Waals surface area contributed by atoms with E-state index in [1.165, 1.54) is 18.2 Å². The van der Waals surface area contributed by atoms with Crippen molar-refractivity contribution in [2.75, 3.05) is 17.9 Å². The number of carbonyl (C=O) groups excluding carboxylic acids is 2. The number of hydrogen-bond acceptors (Lipinski definition) is 7. The number of ether oxygens (including phenoxy) is 1. The van der Waals surface area contributed by atoms with E-state index in [1.807, 2.05) is 0 Å². The molecule has 0 fully saturated rings. The van der Waals surface area contributed by atoms with Crippen molar-refractivity contribution in [2.45, 2.75) is 13.3 Å². The summed E-state index contributed by atoms with van der Waals surface area (Å²) < 4.78 is 32.2. The number of amides is 1. The zero-order valence-corrected chi connectivity index (χ0v) is 16.9. The quantitative estimate of drug-likeness (QED) is 0.435. The van der Waals surface area contributed by atoms with Crippen LogP contribution in [-0.4, -0.2) is 23.8 Å². The minimum Gasteiger partial charge on any atom is -0.497 e. The number of nitrogens with two attached hydrogens (primary N) is 1. The van der Waals surface area contributed by atoms with E-state index in [1.54, 1.807) is 31.2 Å². The molecule has 0 saturated carbocycles. The van der Waals surface area contributed by atoms with Crippen LogP contribution in [0.25, 0.3) is 0 Å². The number of aromatic nitrogens is 1. The molecule has 3 rings (SSSR count). The number of benzene rings is 2. The molecular weight excluding hydrogens is 414 g/mol. The Morgan fingerprint density at radius 1 is 1.17 bits per heavy atom. The van der Waals surface area contributed by atoms with Gasteiger partial charge in [-0.1, -0.05) is 18.3 Å². The van der Waals surface area contributed by atoms with Crippen LogP contribution in [0.5, 0.6) is 5.75 Å². The molecule has 0 aliphatic rings. The molecule has 10 heteroatoms. The van der Waals surface area contributed by atoms with Crippen molar-refractivity contribution in [2.24, 2.45) is 0 Å². The summed E-state index contributed by atoms with van der Waals surface area (Å²) in [4.78, 5) is 29.1. The van der Waals surface area contributed by atoms with E-state index in [0.717, 1.165) is 23.5 Å². The first kappa shape index (κ1) is 21.2. The van der Waals surface area contributed by atoms with Gasteiger partial charge in [0.1, 0.15) is 16.4 Å². The van der Waals surface area contributed by atoms with Crippen LogP contribution in [0, 0.1) is 11.6 Å². The van der Waals surface area contributed by atoms with Crippen LogP contribution in [0.2, 0.25) is 0 Å². The van der Waals surface area contributed by atoms with Gasteiger partial charge in [-0.05, 0) is 36.4 Å². The molecule has 0 aliphatic heterocycles. The second-order valence-corrected chi connectivity index (χ2v) is 7.07. The average Bonchev–Trinajstić information content (AvgIpc) is 3.14. The number of thiazole rings is 1. The second-order valence-electron chi connectivity index (χ2n) is 6.09. The third kappa shape index (κ3) is 4.38. The van der Waals surface area contributed by atoms with Crippen molar-refractivity contribution >= 4 is 39.7 Å². The number of methoxy groups -OCH3 is 1.